The molecule has 0 aromatic heterocycles. The summed E-state index contributed by atoms with van der Waals surface area (Å²) in [5, 5.41) is 8.97. The Morgan fingerprint density at radius 1 is 1.28 bits per heavy atom. The molecule has 3 nitrogen and oxygen atoms in total. The van der Waals surface area contributed by atoms with Crippen LogP contribution in [0, 0.1) is 17.6 Å². The van der Waals surface area contributed by atoms with Gasteiger partial charge in [0.05, 0.1) is 0 Å². The molecule has 1 aliphatic rings. The number of piperidine rings is 1. The van der Waals surface area contributed by atoms with Gasteiger partial charge in [0.1, 0.15) is 0 Å². The monoisotopic (exact) mass is 256 g/mol. The van der Waals surface area contributed by atoms with Crippen molar-refractivity contribution < 1.29 is 13.9 Å². The van der Waals surface area contributed by atoms with Gasteiger partial charge in [0.2, 0.25) is 0 Å². The second-order valence-electron chi connectivity index (χ2n) is 4.88. The molecule has 1 aliphatic heterocycles. The van der Waals surface area contributed by atoms with E-state index in [9.17, 15) is 8.78 Å². The molecule has 3 N–H and O–H groups in total. The van der Waals surface area contributed by atoms with E-state index in [1.54, 1.807) is 6.07 Å². The quantitative estimate of drug-likeness (QED) is 0.861. The molecule has 18 heavy (non-hydrogen) atoms. The van der Waals surface area contributed by atoms with E-state index in [4.69, 9.17) is 10.8 Å². The minimum absolute atomic E-state index is 0.00316. The number of nitrogens with two attached hydrogens (primary N) is 1. The Kier molecular flexibility index (Phi) is 4.14. The van der Waals surface area contributed by atoms with Crippen LogP contribution < -0.4 is 10.6 Å². The van der Waals surface area contributed by atoms with Crippen LogP contribution in [0.2, 0.25) is 0 Å². The summed E-state index contributed by atoms with van der Waals surface area (Å²) >= 11 is 0. The Morgan fingerprint density at radius 3 is 2.72 bits per heavy atom. The Hall–Kier alpha value is -1.20. The molecule has 2 rings (SSSR count). The van der Waals surface area contributed by atoms with Crippen LogP contribution in [0.1, 0.15) is 12.8 Å². The maximum absolute atomic E-state index is 13.2. The van der Waals surface area contributed by atoms with Crippen molar-refractivity contribution in [3.05, 3.63) is 29.8 Å². The lowest BCUT2D eigenvalue weighted by atomic mass is 9.92. The molecule has 0 aliphatic carbocycles. The zero-order chi connectivity index (χ0) is 13.1. The highest BCUT2D eigenvalue weighted by Gasteiger charge is 2.25. The first-order valence-electron chi connectivity index (χ1n) is 6.16. The first kappa shape index (κ1) is 13.2. The van der Waals surface area contributed by atoms with Crippen LogP contribution in [0.15, 0.2) is 18.2 Å². The second kappa shape index (κ2) is 5.63. The molecule has 100 valence electrons. The molecule has 1 fully saturated rings. The molecular formula is C13H18F2N2O. The maximum Gasteiger partial charge on any atom is 0.160 e. The molecule has 1 heterocycles. The Labute approximate surface area is 105 Å². The third-order valence-electron chi connectivity index (χ3n) is 3.38. The molecule has 0 amide bonds. The molecule has 2 atom stereocenters. The third kappa shape index (κ3) is 2.97. The molecule has 0 radical (unpaired) electrons. The van der Waals surface area contributed by atoms with Gasteiger partial charge in [-0.05, 0) is 30.9 Å². The average molecular weight is 256 g/mol. The van der Waals surface area contributed by atoms with E-state index in [-0.39, 0.29) is 12.6 Å². The zero-order valence-corrected chi connectivity index (χ0v) is 10.1. The molecule has 1 aromatic carbocycles. The predicted octanol–water partition coefficient (Wildman–Crippen LogP) is 1.50. The summed E-state index contributed by atoms with van der Waals surface area (Å²) in [5.74, 6) is -1.39. The van der Waals surface area contributed by atoms with Gasteiger partial charge in [0.25, 0.3) is 0 Å². The van der Waals surface area contributed by atoms with Crippen molar-refractivity contribution in [2.45, 2.75) is 18.9 Å². The maximum atomic E-state index is 13.2. The molecule has 2 unspecified atom stereocenters. The number of aliphatic hydroxyl groups excluding tert-OH is 1. The third-order valence-corrected chi connectivity index (χ3v) is 3.38. The van der Waals surface area contributed by atoms with Gasteiger partial charge >= 0.3 is 0 Å². The number of aliphatic hydroxyl groups is 1. The number of nitrogens with zero attached hydrogens (tertiary/aromatic N) is 1. The summed E-state index contributed by atoms with van der Waals surface area (Å²) in [4.78, 5) is 1.96. The van der Waals surface area contributed by atoms with E-state index in [2.05, 4.69) is 0 Å². The molecule has 1 saturated heterocycles. The summed E-state index contributed by atoms with van der Waals surface area (Å²) in [6, 6.07) is 3.89. The van der Waals surface area contributed by atoms with Crippen molar-refractivity contribution in [3.8, 4) is 0 Å². The fraction of sp³-hybridized carbons (Fsp3) is 0.538. The highest BCUT2D eigenvalue weighted by Crippen LogP contribution is 2.25. The Morgan fingerprint density at radius 2 is 2.06 bits per heavy atom. The summed E-state index contributed by atoms with van der Waals surface area (Å²) in [6.45, 7) is 1.48. The van der Waals surface area contributed by atoms with Gasteiger partial charge in [-0.2, -0.15) is 0 Å². The number of hydrogen-bond acceptors (Lipinski definition) is 3. The van der Waals surface area contributed by atoms with Gasteiger partial charge in [-0.3, -0.25) is 0 Å². The van der Waals surface area contributed by atoms with E-state index < -0.39 is 11.6 Å². The fourth-order valence-electron chi connectivity index (χ4n) is 2.53. The van der Waals surface area contributed by atoms with E-state index in [0.29, 0.717) is 24.6 Å². The molecule has 0 spiro atoms. The van der Waals surface area contributed by atoms with Crippen molar-refractivity contribution in [1.82, 2.24) is 0 Å². The predicted molar refractivity (Wildman–Crippen MR) is 66.4 cm³/mol. The van der Waals surface area contributed by atoms with E-state index in [1.165, 1.54) is 6.07 Å². The number of hydrogen-bond donors (Lipinski definition) is 2. The number of halogens is 2. The number of benzene rings is 1. The fourth-order valence-corrected chi connectivity index (χ4v) is 2.53. The summed E-state index contributed by atoms with van der Waals surface area (Å²) in [7, 11) is 0. The van der Waals surface area contributed by atoms with Gasteiger partial charge in [0, 0.05) is 37.5 Å². The van der Waals surface area contributed by atoms with Crippen LogP contribution in [0.5, 0.6) is 0 Å². The van der Waals surface area contributed by atoms with Crippen LogP contribution in [0.3, 0.4) is 0 Å². The van der Waals surface area contributed by atoms with Crippen molar-refractivity contribution in [1.29, 1.82) is 0 Å². The van der Waals surface area contributed by atoms with Crippen LogP contribution in [-0.2, 0) is 0 Å². The first-order valence-corrected chi connectivity index (χ1v) is 6.16. The van der Waals surface area contributed by atoms with E-state index >= 15 is 0 Å². The minimum atomic E-state index is -0.842. The summed E-state index contributed by atoms with van der Waals surface area (Å²) < 4.78 is 26.1. The van der Waals surface area contributed by atoms with Crippen molar-refractivity contribution in [2.75, 3.05) is 24.6 Å². The Balaban J connectivity index is 2.13. The van der Waals surface area contributed by atoms with Gasteiger partial charge in [-0.15, -0.1) is 0 Å². The molecule has 1 aromatic rings. The standard InChI is InChI=1S/C13H18F2N2O/c14-12-2-1-11(6-13(12)15)17-7-9(3-4-18)5-10(16)8-17/h1-2,6,9-10,18H,3-5,7-8,16H2. The van der Waals surface area contributed by atoms with Gasteiger partial charge in [-0.25, -0.2) is 8.78 Å². The van der Waals surface area contributed by atoms with E-state index in [1.807, 2.05) is 4.90 Å². The molecule has 0 bridgehead atoms. The number of anilines is 1. The van der Waals surface area contributed by atoms with Crippen LogP contribution in [0.4, 0.5) is 14.5 Å². The van der Waals surface area contributed by atoms with Crippen molar-refractivity contribution in [3.63, 3.8) is 0 Å². The minimum Gasteiger partial charge on any atom is -0.396 e. The Bertz CT molecular complexity index is 414. The normalized spacial score (nSPS) is 24.3. The first-order chi connectivity index (χ1) is 8.60. The second-order valence-corrected chi connectivity index (χ2v) is 4.88. The lowest BCUT2D eigenvalue weighted by Crippen LogP contribution is -2.47. The van der Waals surface area contributed by atoms with Crippen molar-refractivity contribution in [2.24, 2.45) is 11.7 Å². The average Bonchev–Trinajstić information content (AvgIpc) is 2.32. The lowest BCUT2D eigenvalue weighted by Gasteiger charge is -2.37. The highest BCUT2D eigenvalue weighted by molar-refractivity contribution is 5.47. The topological polar surface area (TPSA) is 49.5 Å². The largest absolute Gasteiger partial charge is 0.396 e. The molecular weight excluding hydrogens is 238 g/mol. The SMILES string of the molecule is NC1CC(CCO)CN(c2ccc(F)c(F)c2)C1. The van der Waals surface area contributed by atoms with E-state index in [0.717, 1.165) is 19.0 Å². The van der Waals surface area contributed by atoms with Gasteiger partial charge in [0.15, 0.2) is 11.6 Å². The van der Waals surface area contributed by atoms with Crippen LogP contribution in [-0.4, -0.2) is 30.8 Å². The van der Waals surface area contributed by atoms with Crippen LogP contribution >= 0.6 is 0 Å². The van der Waals surface area contributed by atoms with Gasteiger partial charge in [-0.1, -0.05) is 0 Å². The van der Waals surface area contributed by atoms with Crippen molar-refractivity contribution >= 4 is 5.69 Å². The summed E-state index contributed by atoms with van der Waals surface area (Å²) in [6.07, 6.45) is 1.55. The lowest BCUT2D eigenvalue weighted by molar-refractivity contribution is 0.238. The van der Waals surface area contributed by atoms with Gasteiger partial charge < -0.3 is 15.7 Å². The summed E-state index contributed by atoms with van der Waals surface area (Å²) in [5.41, 5.74) is 6.61. The smallest absolute Gasteiger partial charge is 0.160 e. The highest BCUT2D eigenvalue weighted by atomic mass is 19.2. The number of rotatable bonds is 3. The van der Waals surface area contributed by atoms with Crippen LogP contribution in [0.25, 0.3) is 0 Å². The zero-order valence-electron chi connectivity index (χ0n) is 10.1. The molecule has 5 heteroatoms. The molecule has 0 saturated carbocycles.